The first-order chi connectivity index (χ1) is 7.90. The first-order valence-corrected chi connectivity index (χ1v) is 7.00. The Kier molecular flexibility index (Phi) is 7.83. The number of carbonyl (C=O) groups is 2. The molecule has 0 amide bonds. The molecule has 0 aliphatic carbocycles. The second-order valence-electron chi connectivity index (χ2n) is 3.96. The van der Waals surface area contributed by atoms with E-state index in [-0.39, 0.29) is 12.8 Å². The summed E-state index contributed by atoms with van der Waals surface area (Å²) in [6, 6.07) is 0. The van der Waals surface area contributed by atoms with Crippen LogP contribution in [-0.4, -0.2) is 32.7 Å². The van der Waals surface area contributed by atoms with Gasteiger partial charge in [-0.1, -0.05) is 19.8 Å². The first kappa shape index (κ1) is 16.1. The minimum atomic E-state index is -2.96. The monoisotopic (exact) mass is 266 g/mol. The van der Waals surface area contributed by atoms with Gasteiger partial charge in [0.2, 0.25) is 0 Å². The predicted molar refractivity (Wildman–Crippen MR) is 62.5 cm³/mol. The summed E-state index contributed by atoms with van der Waals surface area (Å²) in [4.78, 5) is 30.6. The summed E-state index contributed by atoms with van der Waals surface area (Å²) < 4.78 is 11.2. The highest BCUT2D eigenvalue weighted by molar-refractivity contribution is 7.39. The lowest BCUT2D eigenvalue weighted by Gasteiger charge is -2.20. The van der Waals surface area contributed by atoms with Gasteiger partial charge >= 0.3 is 11.9 Å². The van der Waals surface area contributed by atoms with E-state index in [2.05, 4.69) is 0 Å². The topological polar surface area (TPSA) is 112 Å². The Hall–Kier alpha value is -0.870. The highest BCUT2D eigenvalue weighted by Gasteiger charge is 2.31. The molecule has 0 fully saturated rings. The Morgan fingerprint density at radius 1 is 1.24 bits per heavy atom. The van der Waals surface area contributed by atoms with Gasteiger partial charge in [-0.25, -0.2) is 0 Å². The minimum Gasteiger partial charge on any atom is -0.481 e. The molecule has 17 heavy (non-hydrogen) atoms. The third-order valence-corrected chi connectivity index (χ3v) is 3.98. The molecule has 100 valence electrons. The number of unbranched alkanes of at least 4 members (excludes halogenated alkanes) is 1. The zero-order chi connectivity index (χ0) is 13.4. The van der Waals surface area contributed by atoms with E-state index in [0.717, 1.165) is 6.42 Å². The van der Waals surface area contributed by atoms with Crippen LogP contribution in [0.1, 0.15) is 39.0 Å². The standard InChI is InChI=1S/C10H19O6P/c1-2-3-4-8(17(15)16)7(10(13)14)5-6-9(11)12/h7-8,17H,2-6H2,1H3,(H,11,12)(H,13,14)(H,15,16). The number of rotatable bonds is 9. The molecule has 0 aromatic rings. The van der Waals surface area contributed by atoms with Gasteiger partial charge < -0.3 is 15.1 Å². The van der Waals surface area contributed by atoms with Crippen molar-refractivity contribution in [2.45, 2.75) is 44.7 Å². The zero-order valence-corrected chi connectivity index (χ0v) is 10.8. The second kappa shape index (κ2) is 8.25. The van der Waals surface area contributed by atoms with Crippen LogP contribution >= 0.6 is 8.03 Å². The largest absolute Gasteiger partial charge is 0.481 e. The molecule has 0 aromatic carbocycles. The third-order valence-electron chi connectivity index (χ3n) is 2.66. The molecular formula is C10H19O6P. The SMILES string of the molecule is CCCCC(C(CCC(=O)O)C(=O)O)[PH](=O)O. The molecule has 0 heterocycles. The van der Waals surface area contributed by atoms with Crippen molar-refractivity contribution in [3.05, 3.63) is 0 Å². The van der Waals surface area contributed by atoms with E-state index >= 15 is 0 Å². The molecule has 0 aliphatic rings. The molecular weight excluding hydrogens is 247 g/mol. The average Bonchev–Trinajstić information content (AvgIpc) is 2.21. The van der Waals surface area contributed by atoms with Gasteiger partial charge in [-0.2, -0.15) is 0 Å². The molecule has 0 saturated heterocycles. The lowest BCUT2D eigenvalue weighted by Crippen LogP contribution is -2.26. The van der Waals surface area contributed by atoms with Gasteiger partial charge in [0.1, 0.15) is 0 Å². The average molecular weight is 266 g/mol. The van der Waals surface area contributed by atoms with Gasteiger partial charge in [-0.15, -0.1) is 0 Å². The molecule has 0 aliphatic heterocycles. The van der Waals surface area contributed by atoms with Crippen LogP contribution in [0.5, 0.6) is 0 Å². The van der Waals surface area contributed by atoms with Crippen molar-refractivity contribution in [2.75, 3.05) is 0 Å². The minimum absolute atomic E-state index is 0.101. The fraction of sp³-hybridized carbons (Fsp3) is 0.800. The van der Waals surface area contributed by atoms with E-state index in [1.807, 2.05) is 6.92 Å². The summed E-state index contributed by atoms with van der Waals surface area (Å²) in [5.74, 6) is -3.34. The third kappa shape index (κ3) is 6.44. The van der Waals surface area contributed by atoms with Crippen LogP contribution in [0.25, 0.3) is 0 Å². The van der Waals surface area contributed by atoms with E-state index in [4.69, 9.17) is 15.1 Å². The maximum absolute atomic E-state index is 11.2. The predicted octanol–water partition coefficient (Wildman–Crippen LogP) is 1.58. The molecule has 0 bridgehead atoms. The van der Waals surface area contributed by atoms with Gasteiger partial charge in [0.15, 0.2) is 8.03 Å². The highest BCUT2D eigenvalue weighted by Crippen LogP contribution is 2.35. The Morgan fingerprint density at radius 2 is 1.82 bits per heavy atom. The van der Waals surface area contributed by atoms with Crippen molar-refractivity contribution < 1.29 is 29.3 Å². The number of carboxylic acids is 2. The number of carboxylic acid groups (broad SMARTS) is 2. The van der Waals surface area contributed by atoms with E-state index in [9.17, 15) is 14.2 Å². The summed E-state index contributed by atoms with van der Waals surface area (Å²) in [5, 5.41) is 17.5. The van der Waals surface area contributed by atoms with Gasteiger partial charge in [0.25, 0.3) is 0 Å². The summed E-state index contributed by atoms with van der Waals surface area (Å²) >= 11 is 0. The van der Waals surface area contributed by atoms with Crippen LogP contribution < -0.4 is 0 Å². The number of hydrogen-bond donors (Lipinski definition) is 3. The maximum atomic E-state index is 11.2. The molecule has 3 atom stereocenters. The summed E-state index contributed by atoms with van der Waals surface area (Å²) in [7, 11) is -2.96. The molecule has 0 rings (SSSR count). The molecule has 0 radical (unpaired) electrons. The molecule has 6 nitrogen and oxygen atoms in total. The molecule has 0 spiro atoms. The van der Waals surface area contributed by atoms with Crippen LogP contribution in [0.15, 0.2) is 0 Å². The number of aliphatic carboxylic acids is 2. The fourth-order valence-corrected chi connectivity index (χ4v) is 2.80. The Labute approximate surface area is 101 Å². The smallest absolute Gasteiger partial charge is 0.307 e. The molecule has 3 unspecified atom stereocenters. The van der Waals surface area contributed by atoms with E-state index in [1.165, 1.54) is 0 Å². The van der Waals surface area contributed by atoms with Crippen LogP contribution in [0.3, 0.4) is 0 Å². The van der Waals surface area contributed by atoms with Gasteiger partial charge in [0.05, 0.1) is 5.92 Å². The molecule has 7 heteroatoms. The van der Waals surface area contributed by atoms with E-state index in [1.54, 1.807) is 0 Å². The Bertz CT molecular complexity index is 291. The van der Waals surface area contributed by atoms with E-state index < -0.39 is 31.5 Å². The first-order valence-electron chi connectivity index (χ1n) is 5.57. The van der Waals surface area contributed by atoms with Crippen LogP contribution in [0.4, 0.5) is 0 Å². The van der Waals surface area contributed by atoms with Gasteiger partial charge in [-0.05, 0) is 12.8 Å². The highest BCUT2D eigenvalue weighted by atomic mass is 31.1. The molecule has 0 saturated carbocycles. The fourth-order valence-electron chi connectivity index (χ4n) is 1.70. The summed E-state index contributed by atoms with van der Waals surface area (Å²) in [6.07, 6.45) is 1.42. The lowest BCUT2D eigenvalue weighted by molar-refractivity contribution is -0.143. The van der Waals surface area contributed by atoms with Crippen molar-refractivity contribution in [1.82, 2.24) is 0 Å². The van der Waals surface area contributed by atoms with Crippen LogP contribution in [0.2, 0.25) is 0 Å². The Morgan fingerprint density at radius 3 is 2.18 bits per heavy atom. The van der Waals surface area contributed by atoms with Crippen molar-refractivity contribution in [3.8, 4) is 0 Å². The number of hydrogen-bond acceptors (Lipinski definition) is 3. The maximum Gasteiger partial charge on any atom is 0.307 e. The quantitative estimate of drug-likeness (QED) is 0.546. The summed E-state index contributed by atoms with van der Waals surface area (Å²) in [6.45, 7) is 1.90. The van der Waals surface area contributed by atoms with Gasteiger partial charge in [0, 0.05) is 12.1 Å². The van der Waals surface area contributed by atoms with Crippen molar-refractivity contribution >= 4 is 20.0 Å². The lowest BCUT2D eigenvalue weighted by atomic mass is 9.95. The molecule has 3 N–H and O–H groups in total. The van der Waals surface area contributed by atoms with Crippen LogP contribution in [0, 0.1) is 5.92 Å². The summed E-state index contributed by atoms with van der Waals surface area (Å²) in [5.41, 5.74) is -0.822. The van der Waals surface area contributed by atoms with Crippen molar-refractivity contribution in [3.63, 3.8) is 0 Å². The van der Waals surface area contributed by atoms with Crippen molar-refractivity contribution in [1.29, 1.82) is 0 Å². The molecule has 0 aromatic heterocycles. The van der Waals surface area contributed by atoms with Crippen LogP contribution in [-0.2, 0) is 14.2 Å². The normalized spacial score (nSPS) is 16.1. The van der Waals surface area contributed by atoms with Gasteiger partial charge in [-0.3, -0.25) is 14.2 Å². The van der Waals surface area contributed by atoms with Crippen molar-refractivity contribution in [2.24, 2.45) is 5.92 Å². The zero-order valence-electron chi connectivity index (χ0n) is 9.76. The Balaban J connectivity index is 4.64. The van der Waals surface area contributed by atoms with E-state index in [0.29, 0.717) is 12.8 Å². The second-order valence-corrected chi connectivity index (χ2v) is 5.38.